The van der Waals surface area contributed by atoms with Gasteiger partial charge in [-0.3, -0.25) is 4.90 Å². The van der Waals surface area contributed by atoms with Gasteiger partial charge in [-0.15, -0.1) is 0 Å². The summed E-state index contributed by atoms with van der Waals surface area (Å²) >= 11 is 0. The highest BCUT2D eigenvalue weighted by Gasteiger charge is 2.16. The zero-order chi connectivity index (χ0) is 16.1. The maximum absolute atomic E-state index is 9.41. The van der Waals surface area contributed by atoms with Crippen LogP contribution in [0.4, 0.5) is 5.69 Å². The van der Waals surface area contributed by atoms with E-state index in [2.05, 4.69) is 59.6 Å². The lowest BCUT2D eigenvalue weighted by Crippen LogP contribution is -2.36. The van der Waals surface area contributed by atoms with Crippen LogP contribution in [-0.4, -0.2) is 35.7 Å². The van der Waals surface area contributed by atoms with Crippen LogP contribution >= 0.6 is 0 Å². The normalized spacial score (nSPS) is 14.6. The first kappa shape index (κ1) is 16.0. The minimum atomic E-state index is 0.200. The van der Waals surface area contributed by atoms with Gasteiger partial charge in [0, 0.05) is 31.4 Å². The van der Waals surface area contributed by atoms with E-state index < -0.39 is 0 Å². The summed E-state index contributed by atoms with van der Waals surface area (Å²) in [5.74, 6) is 0. The lowest BCUT2D eigenvalue weighted by molar-refractivity contribution is 0.150. The molecule has 0 amide bonds. The Morgan fingerprint density at radius 2 is 1.96 bits per heavy atom. The topological polar surface area (TPSA) is 35.5 Å². The second-order valence-electron chi connectivity index (χ2n) is 6.40. The summed E-state index contributed by atoms with van der Waals surface area (Å²) in [6, 6.07) is 17.7. The number of nitrogens with one attached hydrogen (secondary N) is 1. The van der Waals surface area contributed by atoms with Crippen molar-refractivity contribution in [3.05, 3.63) is 65.2 Å². The maximum atomic E-state index is 9.41. The highest BCUT2D eigenvalue weighted by molar-refractivity contribution is 5.56. The monoisotopic (exact) mass is 310 g/mol. The average molecular weight is 310 g/mol. The van der Waals surface area contributed by atoms with Gasteiger partial charge in [0.25, 0.3) is 0 Å². The minimum absolute atomic E-state index is 0.200. The summed E-state index contributed by atoms with van der Waals surface area (Å²) in [6.07, 6.45) is 2.14. The van der Waals surface area contributed by atoms with Crippen LogP contribution in [0.15, 0.2) is 48.5 Å². The molecule has 2 aromatic rings. The fourth-order valence-electron chi connectivity index (χ4n) is 3.36. The number of aliphatic hydroxyl groups is 1. The van der Waals surface area contributed by atoms with Gasteiger partial charge in [-0.25, -0.2) is 0 Å². The molecule has 0 saturated heterocycles. The highest BCUT2D eigenvalue weighted by atomic mass is 16.3. The summed E-state index contributed by atoms with van der Waals surface area (Å²) in [6.45, 7) is 5.10. The summed E-state index contributed by atoms with van der Waals surface area (Å²) in [7, 11) is 0. The van der Waals surface area contributed by atoms with Crippen molar-refractivity contribution in [2.45, 2.75) is 32.4 Å². The standard InChI is InChI=1S/C20H26N2O/c1-16(13-18-7-8-20-19(14-18)9-10-21-20)22(11-12-23)15-17-5-3-2-4-6-17/h2-8,14,16,21,23H,9-13,15H2,1H3. The summed E-state index contributed by atoms with van der Waals surface area (Å²) < 4.78 is 0. The predicted octanol–water partition coefficient (Wildman–Crippen LogP) is 3.08. The molecule has 0 radical (unpaired) electrons. The zero-order valence-electron chi connectivity index (χ0n) is 13.8. The van der Waals surface area contributed by atoms with Crippen molar-refractivity contribution in [3.63, 3.8) is 0 Å². The smallest absolute Gasteiger partial charge is 0.0558 e. The van der Waals surface area contributed by atoms with Crippen LogP contribution in [-0.2, 0) is 19.4 Å². The molecule has 0 saturated carbocycles. The van der Waals surface area contributed by atoms with E-state index in [0.29, 0.717) is 12.6 Å². The summed E-state index contributed by atoms with van der Waals surface area (Å²) in [4.78, 5) is 2.36. The van der Waals surface area contributed by atoms with E-state index in [0.717, 1.165) is 25.9 Å². The van der Waals surface area contributed by atoms with Crippen molar-refractivity contribution in [2.75, 3.05) is 25.0 Å². The quantitative estimate of drug-likeness (QED) is 0.825. The molecule has 1 aliphatic heterocycles. The van der Waals surface area contributed by atoms with Crippen molar-refractivity contribution in [1.29, 1.82) is 0 Å². The zero-order valence-corrected chi connectivity index (χ0v) is 13.8. The summed E-state index contributed by atoms with van der Waals surface area (Å²) in [5, 5.41) is 12.8. The molecular formula is C20H26N2O. The van der Waals surface area contributed by atoms with Crippen LogP contribution in [0.3, 0.4) is 0 Å². The molecule has 0 bridgehead atoms. The fraction of sp³-hybridized carbons (Fsp3) is 0.400. The third-order valence-corrected chi connectivity index (χ3v) is 4.65. The van der Waals surface area contributed by atoms with E-state index in [-0.39, 0.29) is 6.61 Å². The van der Waals surface area contributed by atoms with E-state index in [9.17, 15) is 5.11 Å². The van der Waals surface area contributed by atoms with Gasteiger partial charge in [-0.2, -0.15) is 0 Å². The van der Waals surface area contributed by atoms with Crippen molar-refractivity contribution >= 4 is 5.69 Å². The first-order valence-corrected chi connectivity index (χ1v) is 8.51. The van der Waals surface area contributed by atoms with Gasteiger partial charge in [-0.05, 0) is 42.5 Å². The Hall–Kier alpha value is -1.84. The van der Waals surface area contributed by atoms with Gasteiger partial charge in [0.2, 0.25) is 0 Å². The lowest BCUT2D eigenvalue weighted by atomic mass is 10.0. The van der Waals surface area contributed by atoms with E-state index in [1.165, 1.54) is 22.4 Å². The number of rotatable bonds is 7. The van der Waals surface area contributed by atoms with Crippen LogP contribution < -0.4 is 5.32 Å². The molecule has 0 aliphatic carbocycles. The third-order valence-electron chi connectivity index (χ3n) is 4.65. The number of hydrogen-bond donors (Lipinski definition) is 2. The second-order valence-corrected chi connectivity index (χ2v) is 6.40. The number of nitrogens with zero attached hydrogens (tertiary/aromatic N) is 1. The molecule has 3 rings (SSSR count). The van der Waals surface area contributed by atoms with Gasteiger partial charge in [0.05, 0.1) is 6.61 Å². The molecule has 1 heterocycles. The lowest BCUT2D eigenvalue weighted by Gasteiger charge is -2.29. The Bertz CT molecular complexity index is 627. The van der Waals surface area contributed by atoms with Crippen LogP contribution in [0.1, 0.15) is 23.6 Å². The number of anilines is 1. The molecule has 2 N–H and O–H groups in total. The molecule has 23 heavy (non-hydrogen) atoms. The predicted molar refractivity (Wildman–Crippen MR) is 95.7 cm³/mol. The van der Waals surface area contributed by atoms with Gasteiger partial charge in [0.15, 0.2) is 0 Å². The van der Waals surface area contributed by atoms with Crippen molar-refractivity contribution in [2.24, 2.45) is 0 Å². The Morgan fingerprint density at radius 1 is 1.13 bits per heavy atom. The van der Waals surface area contributed by atoms with Crippen LogP contribution in [0.2, 0.25) is 0 Å². The van der Waals surface area contributed by atoms with Gasteiger partial charge < -0.3 is 10.4 Å². The first-order valence-electron chi connectivity index (χ1n) is 8.51. The maximum Gasteiger partial charge on any atom is 0.0558 e. The van der Waals surface area contributed by atoms with Crippen molar-refractivity contribution in [3.8, 4) is 0 Å². The summed E-state index contributed by atoms with van der Waals surface area (Å²) in [5.41, 5.74) is 5.41. The molecule has 0 aromatic heterocycles. The second kappa shape index (κ2) is 7.62. The van der Waals surface area contributed by atoms with Crippen LogP contribution in [0, 0.1) is 0 Å². The molecule has 3 nitrogen and oxygen atoms in total. The number of hydrogen-bond acceptors (Lipinski definition) is 3. The molecule has 1 unspecified atom stereocenters. The Kier molecular flexibility index (Phi) is 5.31. The van der Waals surface area contributed by atoms with Gasteiger partial charge >= 0.3 is 0 Å². The number of benzene rings is 2. The minimum Gasteiger partial charge on any atom is -0.395 e. The number of fused-ring (bicyclic) bond motifs is 1. The highest BCUT2D eigenvalue weighted by Crippen LogP contribution is 2.24. The number of aliphatic hydroxyl groups excluding tert-OH is 1. The molecule has 122 valence electrons. The van der Waals surface area contributed by atoms with Gasteiger partial charge in [0.1, 0.15) is 0 Å². The molecular weight excluding hydrogens is 284 g/mol. The molecule has 1 aliphatic rings. The third kappa shape index (κ3) is 4.12. The first-order chi connectivity index (χ1) is 11.3. The Labute approximate surface area is 139 Å². The average Bonchev–Trinajstić information content (AvgIpc) is 3.03. The molecule has 0 fully saturated rings. The Morgan fingerprint density at radius 3 is 2.74 bits per heavy atom. The van der Waals surface area contributed by atoms with Crippen LogP contribution in [0.25, 0.3) is 0 Å². The molecule has 0 spiro atoms. The SMILES string of the molecule is CC(Cc1ccc2c(c1)CCN2)N(CCO)Cc1ccccc1. The van der Waals surface area contributed by atoms with E-state index in [1.54, 1.807) is 0 Å². The van der Waals surface area contributed by atoms with Crippen molar-refractivity contribution < 1.29 is 5.11 Å². The van der Waals surface area contributed by atoms with Crippen molar-refractivity contribution in [1.82, 2.24) is 4.90 Å². The van der Waals surface area contributed by atoms with Crippen LogP contribution in [0.5, 0.6) is 0 Å². The molecule has 2 aromatic carbocycles. The van der Waals surface area contributed by atoms with E-state index >= 15 is 0 Å². The van der Waals surface area contributed by atoms with Gasteiger partial charge in [-0.1, -0.05) is 42.5 Å². The van der Waals surface area contributed by atoms with E-state index in [1.807, 2.05) is 6.07 Å². The Balaban J connectivity index is 1.67. The molecule has 3 heteroatoms. The molecule has 1 atom stereocenters. The largest absolute Gasteiger partial charge is 0.395 e. The van der Waals surface area contributed by atoms with E-state index in [4.69, 9.17) is 0 Å². The fourth-order valence-corrected chi connectivity index (χ4v) is 3.36.